The first-order chi connectivity index (χ1) is 11.3. The zero-order valence-electron chi connectivity index (χ0n) is 13.8. The fourth-order valence-corrected chi connectivity index (χ4v) is 2.06. The van der Waals surface area contributed by atoms with E-state index in [2.05, 4.69) is 16.2 Å². The van der Waals surface area contributed by atoms with Gasteiger partial charge in [0.25, 0.3) is 5.91 Å². The molecule has 0 unspecified atom stereocenters. The van der Waals surface area contributed by atoms with Crippen LogP contribution in [-0.2, 0) is 16.0 Å². The molecule has 1 aromatic rings. The maximum atomic E-state index is 11.9. The molecule has 0 spiro atoms. The average Bonchev–Trinajstić information content (AvgIpc) is 2.52. The lowest BCUT2D eigenvalue weighted by Crippen LogP contribution is -2.55. The Morgan fingerprint density at radius 2 is 1.75 bits per heavy atom. The topological polar surface area (TPSA) is 134 Å². The van der Waals surface area contributed by atoms with Crippen molar-refractivity contribution in [2.24, 2.45) is 11.7 Å². The first kappa shape index (κ1) is 19.4. The van der Waals surface area contributed by atoms with E-state index in [0.717, 1.165) is 5.56 Å². The molecule has 0 heterocycles. The number of carbonyl (C=O) groups excluding carboxylic acids is 2. The summed E-state index contributed by atoms with van der Waals surface area (Å²) in [5, 5.41) is 11.3. The Morgan fingerprint density at radius 1 is 1.12 bits per heavy atom. The van der Waals surface area contributed by atoms with Crippen LogP contribution in [-0.4, -0.2) is 35.1 Å². The highest BCUT2D eigenvalue weighted by molar-refractivity contribution is 5.86. The van der Waals surface area contributed by atoms with Gasteiger partial charge in [0.2, 0.25) is 0 Å². The van der Waals surface area contributed by atoms with Crippen LogP contribution in [0.15, 0.2) is 30.3 Å². The monoisotopic (exact) mass is 336 g/mol. The predicted molar refractivity (Wildman–Crippen MR) is 88.8 cm³/mol. The standard InChI is InChI=1S/C16H24N4O4/c1-10(2)8-13(15(22)23)18-16(24)20-19-14(21)12(17)9-11-6-4-3-5-7-11/h3-7,10,12-13H,8-9,17H2,1-2H3,(H,19,21)(H,22,23)(H2,18,20,24)/t12-,13-/m0/s1. The van der Waals surface area contributed by atoms with Crippen LogP contribution in [0.2, 0.25) is 0 Å². The highest BCUT2D eigenvalue weighted by Gasteiger charge is 2.21. The van der Waals surface area contributed by atoms with Crippen molar-refractivity contribution in [3.8, 4) is 0 Å². The molecule has 0 saturated carbocycles. The molecule has 1 rings (SSSR count). The third-order valence-electron chi connectivity index (χ3n) is 3.24. The van der Waals surface area contributed by atoms with Gasteiger partial charge in [-0.25, -0.2) is 15.0 Å². The number of carboxylic acids is 1. The van der Waals surface area contributed by atoms with Gasteiger partial charge in [0.15, 0.2) is 0 Å². The maximum Gasteiger partial charge on any atom is 0.334 e. The molecule has 0 fully saturated rings. The summed E-state index contributed by atoms with van der Waals surface area (Å²) in [6.07, 6.45) is 0.602. The van der Waals surface area contributed by atoms with Gasteiger partial charge >= 0.3 is 12.0 Å². The molecule has 0 saturated heterocycles. The van der Waals surface area contributed by atoms with Crippen molar-refractivity contribution in [3.05, 3.63) is 35.9 Å². The highest BCUT2D eigenvalue weighted by Crippen LogP contribution is 2.04. The van der Waals surface area contributed by atoms with Crippen LogP contribution in [0.25, 0.3) is 0 Å². The summed E-state index contributed by atoms with van der Waals surface area (Å²) in [6, 6.07) is 6.56. The minimum absolute atomic E-state index is 0.0975. The van der Waals surface area contributed by atoms with Crippen LogP contribution in [0, 0.1) is 5.92 Å². The Morgan fingerprint density at radius 3 is 2.29 bits per heavy atom. The van der Waals surface area contributed by atoms with Gasteiger partial charge in [-0.2, -0.15) is 0 Å². The summed E-state index contributed by atoms with van der Waals surface area (Å²) in [7, 11) is 0. The molecule has 0 bridgehead atoms. The van der Waals surface area contributed by atoms with Crippen molar-refractivity contribution in [1.29, 1.82) is 0 Å². The van der Waals surface area contributed by atoms with Crippen molar-refractivity contribution in [2.45, 2.75) is 38.8 Å². The SMILES string of the molecule is CC(C)C[C@H](NC(=O)NNC(=O)[C@@H](N)Cc1ccccc1)C(=O)O. The number of nitrogens with two attached hydrogens (primary N) is 1. The second-order valence-corrected chi connectivity index (χ2v) is 5.90. The van der Waals surface area contributed by atoms with Crippen molar-refractivity contribution < 1.29 is 19.5 Å². The molecule has 3 amide bonds. The molecule has 0 aliphatic carbocycles. The lowest BCUT2D eigenvalue weighted by Gasteiger charge is -2.18. The Bertz CT molecular complexity index is 562. The minimum atomic E-state index is -1.13. The molecule has 8 heteroatoms. The maximum absolute atomic E-state index is 11.9. The number of amides is 3. The van der Waals surface area contributed by atoms with E-state index < -0.39 is 30.0 Å². The number of rotatable bonds is 7. The smallest absolute Gasteiger partial charge is 0.334 e. The minimum Gasteiger partial charge on any atom is -0.480 e. The molecule has 0 aliphatic heterocycles. The first-order valence-electron chi connectivity index (χ1n) is 7.68. The lowest BCUT2D eigenvalue weighted by molar-refractivity contribution is -0.139. The molecular formula is C16H24N4O4. The third-order valence-corrected chi connectivity index (χ3v) is 3.24. The number of hydrogen-bond donors (Lipinski definition) is 5. The van der Waals surface area contributed by atoms with E-state index in [1.807, 2.05) is 44.2 Å². The quantitative estimate of drug-likeness (QED) is 0.459. The van der Waals surface area contributed by atoms with E-state index in [4.69, 9.17) is 10.8 Å². The van der Waals surface area contributed by atoms with E-state index in [1.54, 1.807) is 0 Å². The third kappa shape index (κ3) is 7.10. The lowest BCUT2D eigenvalue weighted by atomic mass is 10.0. The van der Waals surface area contributed by atoms with E-state index in [-0.39, 0.29) is 12.3 Å². The van der Waals surface area contributed by atoms with Gasteiger partial charge in [0.05, 0.1) is 6.04 Å². The van der Waals surface area contributed by atoms with E-state index in [9.17, 15) is 14.4 Å². The van der Waals surface area contributed by atoms with E-state index >= 15 is 0 Å². The molecule has 132 valence electrons. The number of nitrogens with one attached hydrogen (secondary N) is 3. The number of urea groups is 1. The van der Waals surface area contributed by atoms with Crippen molar-refractivity contribution in [3.63, 3.8) is 0 Å². The second-order valence-electron chi connectivity index (χ2n) is 5.90. The zero-order chi connectivity index (χ0) is 18.1. The molecule has 2 atom stereocenters. The number of hydrazine groups is 1. The number of benzene rings is 1. The van der Waals surface area contributed by atoms with Crippen molar-refractivity contribution >= 4 is 17.9 Å². The Kier molecular flexibility index (Phi) is 7.70. The summed E-state index contributed by atoms with van der Waals surface area (Å²) >= 11 is 0. The molecule has 0 aromatic heterocycles. The number of aliphatic carboxylic acids is 1. The normalized spacial score (nSPS) is 13.0. The van der Waals surface area contributed by atoms with Crippen LogP contribution in [0.5, 0.6) is 0 Å². The van der Waals surface area contributed by atoms with Gasteiger partial charge in [-0.1, -0.05) is 44.2 Å². The molecule has 24 heavy (non-hydrogen) atoms. The molecule has 0 radical (unpaired) electrons. The zero-order valence-corrected chi connectivity index (χ0v) is 13.8. The van der Waals surface area contributed by atoms with Gasteiger partial charge in [-0.15, -0.1) is 0 Å². The van der Waals surface area contributed by atoms with Gasteiger partial charge in [0.1, 0.15) is 6.04 Å². The predicted octanol–water partition coefficient (Wildman–Crippen LogP) is 0.386. The van der Waals surface area contributed by atoms with Gasteiger partial charge in [-0.3, -0.25) is 10.2 Å². The number of carboxylic acid groups (broad SMARTS) is 1. The summed E-state index contributed by atoms with van der Waals surface area (Å²) in [5.74, 6) is -1.60. The fraction of sp³-hybridized carbons (Fsp3) is 0.438. The van der Waals surface area contributed by atoms with Crippen LogP contribution in [0.1, 0.15) is 25.8 Å². The Balaban J connectivity index is 2.42. The average molecular weight is 336 g/mol. The Labute approximate surface area is 140 Å². The van der Waals surface area contributed by atoms with Gasteiger partial charge < -0.3 is 16.2 Å². The summed E-state index contributed by atoms with van der Waals surface area (Å²) in [4.78, 5) is 34.6. The van der Waals surface area contributed by atoms with Crippen molar-refractivity contribution in [1.82, 2.24) is 16.2 Å². The van der Waals surface area contributed by atoms with Gasteiger partial charge in [0, 0.05) is 0 Å². The van der Waals surface area contributed by atoms with Gasteiger partial charge in [-0.05, 0) is 24.3 Å². The molecular weight excluding hydrogens is 312 g/mol. The number of hydrogen-bond acceptors (Lipinski definition) is 4. The summed E-state index contributed by atoms with van der Waals surface area (Å²) in [5.41, 5.74) is 11.0. The summed E-state index contributed by atoms with van der Waals surface area (Å²) < 4.78 is 0. The Hall–Kier alpha value is -2.61. The van der Waals surface area contributed by atoms with E-state index in [1.165, 1.54) is 0 Å². The first-order valence-corrected chi connectivity index (χ1v) is 7.68. The fourth-order valence-electron chi connectivity index (χ4n) is 2.06. The number of carbonyl (C=O) groups is 3. The summed E-state index contributed by atoms with van der Waals surface area (Å²) in [6.45, 7) is 3.69. The highest BCUT2D eigenvalue weighted by atomic mass is 16.4. The van der Waals surface area contributed by atoms with Crippen LogP contribution < -0.4 is 21.9 Å². The molecule has 8 nitrogen and oxygen atoms in total. The molecule has 6 N–H and O–H groups in total. The second kappa shape index (κ2) is 9.51. The van der Waals surface area contributed by atoms with Crippen LogP contribution >= 0.6 is 0 Å². The van der Waals surface area contributed by atoms with Crippen molar-refractivity contribution in [2.75, 3.05) is 0 Å². The van der Waals surface area contributed by atoms with Crippen LogP contribution in [0.3, 0.4) is 0 Å². The molecule has 1 aromatic carbocycles. The largest absolute Gasteiger partial charge is 0.480 e. The van der Waals surface area contributed by atoms with E-state index in [0.29, 0.717) is 6.42 Å². The van der Waals surface area contributed by atoms with Crippen LogP contribution in [0.4, 0.5) is 4.79 Å². The molecule has 0 aliphatic rings.